The maximum Gasteiger partial charge on any atom is 0.178 e. The SMILES string of the molecule is C[C@@H]1CC2=CC(=O)C=C[C@]2(C)[C@H]2C(=O)C[C@]3(C)C(=O)CC[C@H]3[C@H]12. The van der Waals surface area contributed by atoms with Crippen molar-refractivity contribution < 1.29 is 14.4 Å². The van der Waals surface area contributed by atoms with Gasteiger partial charge in [0.05, 0.1) is 0 Å². The Morgan fingerprint density at radius 3 is 2.65 bits per heavy atom. The molecule has 6 atom stereocenters. The van der Waals surface area contributed by atoms with Crippen LogP contribution >= 0.6 is 0 Å². The summed E-state index contributed by atoms with van der Waals surface area (Å²) in [6, 6.07) is 0. The van der Waals surface area contributed by atoms with Gasteiger partial charge in [-0.1, -0.05) is 32.4 Å². The van der Waals surface area contributed by atoms with Crippen LogP contribution in [0.25, 0.3) is 0 Å². The van der Waals surface area contributed by atoms with E-state index in [0.717, 1.165) is 18.4 Å². The quantitative estimate of drug-likeness (QED) is 0.689. The lowest BCUT2D eigenvalue weighted by Crippen LogP contribution is -2.56. The Bertz CT molecular complexity index is 685. The molecule has 0 spiro atoms. The number of fused-ring (bicyclic) bond motifs is 5. The van der Waals surface area contributed by atoms with Gasteiger partial charge >= 0.3 is 0 Å². The predicted octanol–water partition coefficient (Wildman–Crippen LogP) is 3.29. The highest BCUT2D eigenvalue weighted by atomic mass is 16.1. The van der Waals surface area contributed by atoms with E-state index in [9.17, 15) is 14.4 Å². The molecule has 122 valence electrons. The molecule has 4 rings (SSSR count). The molecule has 3 nitrogen and oxygen atoms in total. The summed E-state index contributed by atoms with van der Waals surface area (Å²) >= 11 is 0. The monoisotopic (exact) mass is 312 g/mol. The van der Waals surface area contributed by atoms with Crippen LogP contribution in [0.5, 0.6) is 0 Å². The van der Waals surface area contributed by atoms with E-state index in [1.54, 1.807) is 12.2 Å². The van der Waals surface area contributed by atoms with Gasteiger partial charge in [0, 0.05) is 29.6 Å². The molecule has 4 aliphatic rings. The Kier molecular flexibility index (Phi) is 2.96. The Labute approximate surface area is 137 Å². The average molecular weight is 312 g/mol. The summed E-state index contributed by atoms with van der Waals surface area (Å²) in [5, 5.41) is 0. The van der Waals surface area contributed by atoms with Crippen molar-refractivity contribution in [1.29, 1.82) is 0 Å². The molecule has 0 radical (unpaired) electrons. The van der Waals surface area contributed by atoms with Crippen LogP contribution < -0.4 is 0 Å². The third kappa shape index (κ3) is 1.79. The van der Waals surface area contributed by atoms with E-state index in [1.165, 1.54) is 0 Å². The van der Waals surface area contributed by atoms with Crippen LogP contribution in [-0.4, -0.2) is 17.3 Å². The summed E-state index contributed by atoms with van der Waals surface area (Å²) in [5.74, 6) is 1.38. The summed E-state index contributed by atoms with van der Waals surface area (Å²) < 4.78 is 0. The van der Waals surface area contributed by atoms with E-state index in [-0.39, 0.29) is 34.6 Å². The molecule has 3 saturated carbocycles. The molecule has 0 aromatic heterocycles. The number of Topliss-reactive ketones (excluding diaryl/α,β-unsaturated/α-hetero) is 2. The molecule has 23 heavy (non-hydrogen) atoms. The number of ketones is 3. The zero-order chi connectivity index (χ0) is 16.6. The number of rotatable bonds is 0. The molecule has 0 amide bonds. The highest BCUT2D eigenvalue weighted by Gasteiger charge is 2.63. The lowest BCUT2D eigenvalue weighted by Gasteiger charge is -2.56. The van der Waals surface area contributed by atoms with Gasteiger partial charge in [-0.05, 0) is 42.7 Å². The Hall–Kier alpha value is -1.51. The molecular weight excluding hydrogens is 288 g/mol. The summed E-state index contributed by atoms with van der Waals surface area (Å²) in [7, 11) is 0. The van der Waals surface area contributed by atoms with Gasteiger partial charge in [0.1, 0.15) is 11.6 Å². The molecule has 0 unspecified atom stereocenters. The first-order chi connectivity index (χ1) is 10.8. The van der Waals surface area contributed by atoms with Crippen molar-refractivity contribution in [2.45, 2.75) is 46.5 Å². The lowest BCUT2D eigenvalue weighted by atomic mass is 9.46. The van der Waals surface area contributed by atoms with E-state index >= 15 is 0 Å². The maximum atomic E-state index is 13.1. The second-order valence-electron chi connectivity index (χ2n) is 8.55. The topological polar surface area (TPSA) is 51.2 Å². The molecule has 0 heterocycles. The van der Waals surface area contributed by atoms with Crippen molar-refractivity contribution in [2.75, 3.05) is 0 Å². The minimum Gasteiger partial charge on any atom is -0.299 e. The molecule has 3 fully saturated rings. The van der Waals surface area contributed by atoms with E-state index in [1.807, 2.05) is 13.0 Å². The minimum absolute atomic E-state index is 0.0345. The summed E-state index contributed by atoms with van der Waals surface area (Å²) in [6.07, 6.45) is 8.12. The van der Waals surface area contributed by atoms with Gasteiger partial charge in [-0.15, -0.1) is 0 Å². The molecule has 4 aliphatic carbocycles. The lowest BCUT2D eigenvalue weighted by molar-refractivity contribution is -0.150. The van der Waals surface area contributed by atoms with Crippen LogP contribution in [0.3, 0.4) is 0 Å². The van der Waals surface area contributed by atoms with E-state index in [0.29, 0.717) is 24.7 Å². The van der Waals surface area contributed by atoms with Gasteiger partial charge < -0.3 is 0 Å². The number of hydrogen-bond acceptors (Lipinski definition) is 3. The molecule has 0 aromatic rings. The van der Waals surface area contributed by atoms with E-state index in [4.69, 9.17) is 0 Å². The highest BCUT2D eigenvalue weighted by molar-refractivity contribution is 6.02. The van der Waals surface area contributed by atoms with Crippen LogP contribution in [0, 0.1) is 34.5 Å². The van der Waals surface area contributed by atoms with Gasteiger partial charge in [-0.2, -0.15) is 0 Å². The standard InChI is InChI=1S/C20H24O3/c1-11-8-12-9-13(21)6-7-19(12,2)18-15(22)10-20(3)14(17(11)18)4-5-16(20)23/h6-7,9,11,14,17-18H,4-5,8,10H2,1-3H3/t11-,14+,17+,18+,19+,20+/m1/s1. The van der Waals surface area contributed by atoms with Crippen molar-refractivity contribution in [2.24, 2.45) is 34.5 Å². The fraction of sp³-hybridized carbons (Fsp3) is 0.650. The molecule has 3 heteroatoms. The van der Waals surface area contributed by atoms with Gasteiger partial charge in [-0.25, -0.2) is 0 Å². The normalized spacial score (nSPS) is 48.7. The summed E-state index contributed by atoms with van der Waals surface area (Å²) in [4.78, 5) is 37.3. The van der Waals surface area contributed by atoms with Crippen molar-refractivity contribution in [1.82, 2.24) is 0 Å². The highest BCUT2D eigenvalue weighted by Crippen LogP contribution is 2.63. The third-order valence-corrected chi connectivity index (χ3v) is 7.32. The first kappa shape index (κ1) is 15.0. The van der Waals surface area contributed by atoms with Crippen molar-refractivity contribution in [3.8, 4) is 0 Å². The number of carbonyl (C=O) groups is 3. The van der Waals surface area contributed by atoms with Gasteiger partial charge in [0.2, 0.25) is 0 Å². The summed E-state index contributed by atoms with van der Waals surface area (Å²) in [5.41, 5.74) is 0.327. The van der Waals surface area contributed by atoms with Crippen LogP contribution in [0.4, 0.5) is 0 Å². The molecule has 0 N–H and O–H groups in total. The molecule has 0 aromatic carbocycles. The van der Waals surface area contributed by atoms with Gasteiger partial charge in [0.25, 0.3) is 0 Å². The third-order valence-electron chi connectivity index (χ3n) is 7.32. The van der Waals surface area contributed by atoms with Crippen LogP contribution in [-0.2, 0) is 14.4 Å². The Balaban J connectivity index is 1.83. The van der Waals surface area contributed by atoms with Gasteiger partial charge in [-0.3, -0.25) is 14.4 Å². The smallest absolute Gasteiger partial charge is 0.178 e. The Morgan fingerprint density at radius 1 is 1.17 bits per heavy atom. The van der Waals surface area contributed by atoms with Crippen LogP contribution in [0.15, 0.2) is 23.8 Å². The maximum absolute atomic E-state index is 13.1. The second-order valence-corrected chi connectivity index (χ2v) is 8.55. The van der Waals surface area contributed by atoms with E-state index in [2.05, 4.69) is 13.8 Å². The fourth-order valence-corrected chi connectivity index (χ4v) is 6.13. The van der Waals surface area contributed by atoms with Crippen molar-refractivity contribution in [3.05, 3.63) is 23.8 Å². The van der Waals surface area contributed by atoms with Crippen LogP contribution in [0.1, 0.15) is 46.5 Å². The van der Waals surface area contributed by atoms with Crippen LogP contribution in [0.2, 0.25) is 0 Å². The largest absolute Gasteiger partial charge is 0.299 e. The molecule has 0 bridgehead atoms. The number of allylic oxidation sites excluding steroid dienone is 4. The first-order valence-electron chi connectivity index (χ1n) is 8.77. The molecule has 0 aliphatic heterocycles. The van der Waals surface area contributed by atoms with Crippen molar-refractivity contribution >= 4 is 17.3 Å². The van der Waals surface area contributed by atoms with E-state index < -0.39 is 5.41 Å². The minimum atomic E-state index is -0.446. The zero-order valence-electron chi connectivity index (χ0n) is 14.1. The zero-order valence-corrected chi connectivity index (χ0v) is 14.1. The molecule has 0 saturated heterocycles. The fourth-order valence-electron chi connectivity index (χ4n) is 6.13. The second kappa shape index (κ2) is 4.52. The molecular formula is C20H24O3. The summed E-state index contributed by atoms with van der Waals surface area (Å²) in [6.45, 7) is 6.33. The number of hydrogen-bond donors (Lipinski definition) is 0. The van der Waals surface area contributed by atoms with Crippen molar-refractivity contribution in [3.63, 3.8) is 0 Å². The average Bonchev–Trinajstić information content (AvgIpc) is 2.76. The first-order valence-corrected chi connectivity index (χ1v) is 8.77. The van der Waals surface area contributed by atoms with Gasteiger partial charge in [0.15, 0.2) is 5.78 Å². The Morgan fingerprint density at radius 2 is 1.91 bits per heavy atom. The predicted molar refractivity (Wildman–Crippen MR) is 86.6 cm³/mol. The number of carbonyl (C=O) groups excluding carboxylic acids is 3.